The minimum Gasteiger partial charge on any atom is -0.350 e. The van der Waals surface area contributed by atoms with Gasteiger partial charge in [0.2, 0.25) is 11.8 Å². The van der Waals surface area contributed by atoms with Gasteiger partial charge in [-0.3, -0.25) is 9.59 Å². The molecule has 0 heterocycles. The zero-order chi connectivity index (χ0) is 16.5. The van der Waals surface area contributed by atoms with Crippen LogP contribution in [0.1, 0.15) is 23.1 Å². The van der Waals surface area contributed by atoms with Crippen LogP contribution in [0.25, 0.3) is 0 Å². The normalized spacial score (nSPS) is 10.1. The Morgan fingerprint density at radius 3 is 2.35 bits per heavy atom. The van der Waals surface area contributed by atoms with Crippen molar-refractivity contribution in [3.63, 3.8) is 0 Å². The van der Waals surface area contributed by atoms with Crippen LogP contribution in [0.15, 0.2) is 54.6 Å². The van der Waals surface area contributed by atoms with Crippen LogP contribution in [-0.2, 0) is 22.6 Å². The van der Waals surface area contributed by atoms with Crippen molar-refractivity contribution >= 4 is 11.8 Å². The summed E-state index contributed by atoms with van der Waals surface area (Å²) in [5.41, 5.74) is 3.33. The maximum atomic E-state index is 11.8. The lowest BCUT2D eigenvalue weighted by molar-refractivity contribution is -0.126. The molecule has 0 saturated heterocycles. The van der Waals surface area contributed by atoms with E-state index in [1.807, 2.05) is 61.5 Å². The van der Waals surface area contributed by atoms with Gasteiger partial charge in [0.25, 0.3) is 0 Å². The summed E-state index contributed by atoms with van der Waals surface area (Å²) in [6.07, 6.45) is 1.06. The van der Waals surface area contributed by atoms with E-state index in [0.29, 0.717) is 19.4 Å². The van der Waals surface area contributed by atoms with Crippen molar-refractivity contribution in [1.82, 2.24) is 10.6 Å². The van der Waals surface area contributed by atoms with Crippen LogP contribution in [0.3, 0.4) is 0 Å². The molecule has 0 atom stereocenters. The second-order valence-corrected chi connectivity index (χ2v) is 5.53. The highest BCUT2D eigenvalue weighted by atomic mass is 16.2. The van der Waals surface area contributed by atoms with Crippen molar-refractivity contribution in [3.8, 4) is 0 Å². The van der Waals surface area contributed by atoms with Gasteiger partial charge in [0, 0.05) is 13.0 Å². The smallest absolute Gasteiger partial charge is 0.239 e. The summed E-state index contributed by atoms with van der Waals surface area (Å²) < 4.78 is 0. The summed E-state index contributed by atoms with van der Waals surface area (Å²) >= 11 is 0. The Kier molecular flexibility index (Phi) is 6.36. The fourth-order valence-electron chi connectivity index (χ4n) is 2.26. The van der Waals surface area contributed by atoms with Crippen LogP contribution in [0.5, 0.6) is 0 Å². The number of amides is 2. The van der Waals surface area contributed by atoms with Crippen LogP contribution < -0.4 is 10.6 Å². The molecule has 2 aromatic carbocycles. The number of carbonyl (C=O) groups is 2. The first-order chi connectivity index (χ1) is 11.1. The molecular formula is C19H22N2O2. The van der Waals surface area contributed by atoms with Gasteiger partial charge in [-0.05, 0) is 24.5 Å². The van der Waals surface area contributed by atoms with Crippen LogP contribution in [0.4, 0.5) is 0 Å². The van der Waals surface area contributed by atoms with Gasteiger partial charge in [-0.15, -0.1) is 0 Å². The van der Waals surface area contributed by atoms with Crippen molar-refractivity contribution in [2.24, 2.45) is 0 Å². The molecule has 2 rings (SSSR count). The van der Waals surface area contributed by atoms with Crippen LogP contribution >= 0.6 is 0 Å². The lowest BCUT2D eigenvalue weighted by Crippen LogP contribution is -2.36. The SMILES string of the molecule is Cc1cccc(CNC(=O)CNC(=O)CCc2ccccc2)c1. The standard InChI is InChI=1S/C19H22N2O2/c1-15-6-5-9-17(12-15)13-20-19(23)14-21-18(22)11-10-16-7-3-2-4-8-16/h2-9,12H,10-11,13-14H2,1H3,(H,20,23)(H,21,22). The van der Waals surface area contributed by atoms with E-state index in [9.17, 15) is 9.59 Å². The number of rotatable bonds is 7. The molecule has 23 heavy (non-hydrogen) atoms. The molecule has 2 amide bonds. The van der Waals surface area contributed by atoms with Gasteiger partial charge in [0.05, 0.1) is 6.54 Å². The minimum atomic E-state index is -0.181. The maximum Gasteiger partial charge on any atom is 0.239 e. The average Bonchev–Trinajstić information content (AvgIpc) is 2.57. The molecule has 120 valence electrons. The zero-order valence-corrected chi connectivity index (χ0v) is 13.3. The second-order valence-electron chi connectivity index (χ2n) is 5.53. The molecule has 4 heteroatoms. The Morgan fingerprint density at radius 2 is 1.61 bits per heavy atom. The van der Waals surface area contributed by atoms with Crippen LogP contribution in [-0.4, -0.2) is 18.4 Å². The summed E-state index contributed by atoms with van der Waals surface area (Å²) in [6, 6.07) is 17.8. The van der Waals surface area contributed by atoms with Gasteiger partial charge in [-0.25, -0.2) is 0 Å². The van der Waals surface area contributed by atoms with Crippen LogP contribution in [0, 0.1) is 6.92 Å². The van der Waals surface area contributed by atoms with E-state index in [2.05, 4.69) is 10.6 Å². The third kappa shape index (κ3) is 6.34. The molecule has 0 radical (unpaired) electrons. The minimum absolute atomic E-state index is 0.0133. The van der Waals surface area contributed by atoms with Crippen molar-refractivity contribution in [1.29, 1.82) is 0 Å². The first kappa shape index (κ1) is 16.7. The lowest BCUT2D eigenvalue weighted by Gasteiger charge is -2.08. The van der Waals surface area contributed by atoms with Crippen molar-refractivity contribution in [2.45, 2.75) is 26.3 Å². The van der Waals surface area contributed by atoms with Crippen molar-refractivity contribution < 1.29 is 9.59 Å². The molecule has 0 aliphatic heterocycles. The Balaban J connectivity index is 1.64. The van der Waals surface area contributed by atoms with E-state index in [-0.39, 0.29) is 18.4 Å². The molecule has 0 bridgehead atoms. The molecule has 0 aliphatic rings. The molecule has 0 saturated carbocycles. The fourth-order valence-corrected chi connectivity index (χ4v) is 2.26. The van der Waals surface area contributed by atoms with Gasteiger partial charge < -0.3 is 10.6 Å². The van der Waals surface area contributed by atoms with E-state index in [0.717, 1.165) is 16.7 Å². The molecule has 0 spiro atoms. The van der Waals surface area contributed by atoms with Gasteiger partial charge in [0.1, 0.15) is 0 Å². The predicted octanol–water partition coefficient (Wildman–Crippen LogP) is 2.36. The monoisotopic (exact) mass is 310 g/mol. The second kappa shape index (κ2) is 8.73. The number of carbonyl (C=O) groups excluding carboxylic acids is 2. The number of nitrogens with one attached hydrogen (secondary N) is 2. The zero-order valence-electron chi connectivity index (χ0n) is 13.3. The van der Waals surface area contributed by atoms with E-state index >= 15 is 0 Å². The number of hydrogen-bond donors (Lipinski definition) is 2. The molecule has 0 aromatic heterocycles. The molecule has 0 aliphatic carbocycles. The summed E-state index contributed by atoms with van der Waals surface area (Å²) in [6.45, 7) is 2.50. The van der Waals surface area contributed by atoms with E-state index in [1.54, 1.807) is 0 Å². The van der Waals surface area contributed by atoms with Gasteiger partial charge in [0.15, 0.2) is 0 Å². The van der Waals surface area contributed by atoms with E-state index in [1.165, 1.54) is 0 Å². The predicted molar refractivity (Wildman–Crippen MR) is 90.8 cm³/mol. The molecule has 4 nitrogen and oxygen atoms in total. The molecule has 2 N–H and O–H groups in total. The topological polar surface area (TPSA) is 58.2 Å². The number of hydrogen-bond acceptors (Lipinski definition) is 2. The quantitative estimate of drug-likeness (QED) is 0.825. The van der Waals surface area contributed by atoms with Crippen LogP contribution in [0.2, 0.25) is 0 Å². The lowest BCUT2D eigenvalue weighted by atomic mass is 10.1. The largest absolute Gasteiger partial charge is 0.350 e. The summed E-state index contributed by atoms with van der Waals surface area (Å²) in [5, 5.41) is 5.45. The molecule has 2 aromatic rings. The fraction of sp³-hybridized carbons (Fsp3) is 0.263. The third-order valence-electron chi connectivity index (χ3n) is 3.50. The highest BCUT2D eigenvalue weighted by Crippen LogP contribution is 2.03. The average molecular weight is 310 g/mol. The molecular weight excluding hydrogens is 288 g/mol. The summed E-state index contributed by atoms with van der Waals surface area (Å²) in [5.74, 6) is -0.292. The van der Waals surface area contributed by atoms with Gasteiger partial charge in [-0.1, -0.05) is 60.2 Å². The number of benzene rings is 2. The van der Waals surface area contributed by atoms with Crippen molar-refractivity contribution in [2.75, 3.05) is 6.54 Å². The van der Waals surface area contributed by atoms with Crippen molar-refractivity contribution in [3.05, 3.63) is 71.3 Å². The van der Waals surface area contributed by atoms with E-state index < -0.39 is 0 Å². The summed E-state index contributed by atoms with van der Waals surface area (Å²) in [7, 11) is 0. The highest BCUT2D eigenvalue weighted by molar-refractivity contribution is 5.84. The molecule has 0 fully saturated rings. The Labute approximate surface area is 136 Å². The first-order valence-electron chi connectivity index (χ1n) is 7.76. The maximum absolute atomic E-state index is 11.8. The summed E-state index contributed by atoms with van der Waals surface area (Å²) in [4.78, 5) is 23.5. The third-order valence-corrected chi connectivity index (χ3v) is 3.50. The van der Waals surface area contributed by atoms with Gasteiger partial charge >= 0.3 is 0 Å². The van der Waals surface area contributed by atoms with Gasteiger partial charge in [-0.2, -0.15) is 0 Å². The van der Waals surface area contributed by atoms with E-state index in [4.69, 9.17) is 0 Å². The number of aryl methyl sites for hydroxylation is 2. The molecule has 0 unspecified atom stereocenters. The Morgan fingerprint density at radius 1 is 0.870 bits per heavy atom. The first-order valence-corrected chi connectivity index (χ1v) is 7.76. The Hall–Kier alpha value is -2.62. The highest BCUT2D eigenvalue weighted by Gasteiger charge is 2.06. The Bertz CT molecular complexity index is 653.